The lowest BCUT2D eigenvalue weighted by Gasteiger charge is -2.21. The molecule has 1 atom stereocenters. The third-order valence-corrected chi connectivity index (χ3v) is 6.03. The molecule has 0 bridgehead atoms. The van der Waals surface area contributed by atoms with Gasteiger partial charge >= 0.3 is 5.69 Å². The van der Waals surface area contributed by atoms with Crippen LogP contribution < -0.4 is 11.0 Å². The lowest BCUT2D eigenvalue weighted by Crippen LogP contribution is -2.34. The molecule has 1 aromatic carbocycles. The van der Waals surface area contributed by atoms with Gasteiger partial charge in [-0.25, -0.2) is 13.9 Å². The van der Waals surface area contributed by atoms with Gasteiger partial charge in [-0.2, -0.15) is 5.10 Å². The molecule has 1 N–H and O–H groups in total. The van der Waals surface area contributed by atoms with Gasteiger partial charge in [0.1, 0.15) is 11.6 Å². The summed E-state index contributed by atoms with van der Waals surface area (Å²) in [5.74, 6) is -0.566. The standard InChI is InChI=1S/C19H18ClFN4O2S/c20-16-9-13(21)6-5-12(16)11-25-19(27)24-7-1-4-15(17(24)23-25)18(26)22-10-14-3-2-8-28-14/h2-3,5-6,8-9,15H,1,4,7,10-11H2,(H,22,26). The molecule has 0 aliphatic carbocycles. The zero-order valence-electron chi connectivity index (χ0n) is 14.9. The highest BCUT2D eigenvalue weighted by molar-refractivity contribution is 7.09. The number of hydrogen-bond acceptors (Lipinski definition) is 4. The summed E-state index contributed by atoms with van der Waals surface area (Å²) in [5.41, 5.74) is 0.311. The molecule has 0 fully saturated rings. The number of thiophene rings is 1. The first kappa shape index (κ1) is 18.9. The largest absolute Gasteiger partial charge is 0.351 e. The molecule has 1 aliphatic heterocycles. The molecular weight excluding hydrogens is 403 g/mol. The fourth-order valence-electron chi connectivity index (χ4n) is 3.38. The number of fused-ring (bicyclic) bond motifs is 1. The summed E-state index contributed by atoms with van der Waals surface area (Å²) < 4.78 is 16.1. The van der Waals surface area contributed by atoms with Gasteiger partial charge < -0.3 is 5.32 Å². The molecule has 0 spiro atoms. The van der Waals surface area contributed by atoms with Crippen molar-refractivity contribution in [2.24, 2.45) is 0 Å². The van der Waals surface area contributed by atoms with Gasteiger partial charge in [0, 0.05) is 16.4 Å². The van der Waals surface area contributed by atoms with E-state index < -0.39 is 11.7 Å². The zero-order valence-corrected chi connectivity index (χ0v) is 16.5. The minimum Gasteiger partial charge on any atom is -0.351 e. The lowest BCUT2D eigenvalue weighted by molar-refractivity contribution is -0.123. The molecule has 9 heteroatoms. The van der Waals surface area contributed by atoms with Gasteiger partial charge in [-0.1, -0.05) is 23.7 Å². The number of amides is 1. The summed E-state index contributed by atoms with van der Waals surface area (Å²) in [6, 6.07) is 7.94. The predicted octanol–water partition coefficient (Wildman–Crippen LogP) is 3.14. The number of nitrogens with zero attached hydrogens (tertiary/aromatic N) is 3. The van der Waals surface area contributed by atoms with Gasteiger partial charge in [-0.3, -0.25) is 9.36 Å². The van der Waals surface area contributed by atoms with Crippen molar-refractivity contribution in [1.29, 1.82) is 0 Å². The molecule has 3 heterocycles. The number of carbonyl (C=O) groups is 1. The minimum absolute atomic E-state index is 0.126. The topological polar surface area (TPSA) is 68.9 Å². The number of rotatable bonds is 5. The normalized spacial score (nSPS) is 16.0. The SMILES string of the molecule is O=C(NCc1cccs1)C1CCCn2c1nn(Cc1ccc(F)cc1Cl)c2=O. The van der Waals surface area contributed by atoms with Crippen LogP contribution in [0.1, 0.15) is 35.0 Å². The maximum atomic E-state index is 13.2. The Morgan fingerprint density at radius 1 is 1.39 bits per heavy atom. The number of nitrogens with one attached hydrogen (secondary N) is 1. The van der Waals surface area contributed by atoms with Crippen LogP contribution in [0.15, 0.2) is 40.5 Å². The van der Waals surface area contributed by atoms with Gasteiger partial charge in [0.05, 0.1) is 19.0 Å². The van der Waals surface area contributed by atoms with Gasteiger partial charge in [-0.05, 0) is 42.0 Å². The van der Waals surface area contributed by atoms with Crippen LogP contribution in [0.4, 0.5) is 4.39 Å². The molecule has 0 radical (unpaired) electrons. The Balaban J connectivity index is 1.56. The van der Waals surface area contributed by atoms with Crippen LogP contribution in [0.5, 0.6) is 0 Å². The number of hydrogen-bond donors (Lipinski definition) is 1. The smallest absolute Gasteiger partial charge is 0.346 e. The zero-order chi connectivity index (χ0) is 19.7. The molecule has 0 saturated heterocycles. The van der Waals surface area contributed by atoms with E-state index in [1.165, 1.54) is 22.9 Å². The summed E-state index contributed by atoms with van der Waals surface area (Å²) in [5, 5.41) is 9.55. The van der Waals surface area contributed by atoms with Gasteiger partial charge in [0.2, 0.25) is 5.91 Å². The molecule has 146 valence electrons. The monoisotopic (exact) mass is 420 g/mol. The first-order chi connectivity index (χ1) is 13.5. The highest BCUT2D eigenvalue weighted by Crippen LogP contribution is 2.25. The molecule has 0 saturated carbocycles. The van der Waals surface area contributed by atoms with Crippen LogP contribution in [0.25, 0.3) is 0 Å². The maximum Gasteiger partial charge on any atom is 0.346 e. The van der Waals surface area contributed by atoms with Crippen LogP contribution in [0.2, 0.25) is 5.02 Å². The minimum atomic E-state index is -0.466. The summed E-state index contributed by atoms with van der Waals surface area (Å²) >= 11 is 7.65. The second-order valence-corrected chi connectivity index (χ2v) is 8.12. The second-order valence-electron chi connectivity index (χ2n) is 6.68. The Labute approximate surface area is 169 Å². The molecule has 28 heavy (non-hydrogen) atoms. The molecule has 6 nitrogen and oxygen atoms in total. The summed E-state index contributed by atoms with van der Waals surface area (Å²) in [6.45, 7) is 1.12. The summed E-state index contributed by atoms with van der Waals surface area (Å²) in [7, 11) is 0. The molecule has 1 unspecified atom stereocenters. The van der Waals surface area contributed by atoms with E-state index in [-0.39, 0.29) is 23.2 Å². The third-order valence-electron chi connectivity index (χ3n) is 4.81. The summed E-state index contributed by atoms with van der Waals surface area (Å²) in [6.07, 6.45) is 1.37. The third kappa shape index (κ3) is 3.74. The van der Waals surface area contributed by atoms with E-state index in [1.807, 2.05) is 17.5 Å². The van der Waals surface area contributed by atoms with Crippen LogP contribution in [0.3, 0.4) is 0 Å². The van der Waals surface area contributed by atoms with Crippen molar-refractivity contribution >= 4 is 28.8 Å². The second kappa shape index (κ2) is 7.89. The highest BCUT2D eigenvalue weighted by atomic mass is 35.5. The van der Waals surface area contributed by atoms with Gasteiger partial charge in [0.15, 0.2) is 0 Å². The maximum absolute atomic E-state index is 13.2. The Morgan fingerprint density at radius 3 is 3.00 bits per heavy atom. The van der Waals surface area contributed by atoms with Crippen molar-refractivity contribution in [3.05, 3.63) is 73.3 Å². The number of aromatic nitrogens is 3. The Hall–Kier alpha value is -2.45. The van der Waals surface area contributed by atoms with E-state index in [1.54, 1.807) is 15.9 Å². The van der Waals surface area contributed by atoms with Crippen molar-refractivity contribution in [2.45, 2.75) is 38.4 Å². The fourth-order valence-corrected chi connectivity index (χ4v) is 4.25. The first-order valence-electron chi connectivity index (χ1n) is 8.94. The first-order valence-corrected chi connectivity index (χ1v) is 10.2. The van der Waals surface area contributed by atoms with Crippen LogP contribution in [-0.4, -0.2) is 20.3 Å². The van der Waals surface area contributed by atoms with Crippen LogP contribution in [0, 0.1) is 5.82 Å². The quantitative estimate of drug-likeness (QED) is 0.689. The van der Waals surface area contributed by atoms with Gasteiger partial charge in [-0.15, -0.1) is 11.3 Å². The van der Waals surface area contributed by atoms with E-state index in [0.29, 0.717) is 30.9 Å². The average molecular weight is 421 g/mol. The van der Waals surface area contributed by atoms with E-state index in [9.17, 15) is 14.0 Å². The van der Waals surface area contributed by atoms with Crippen molar-refractivity contribution < 1.29 is 9.18 Å². The van der Waals surface area contributed by atoms with Crippen LogP contribution >= 0.6 is 22.9 Å². The number of halogens is 2. The van der Waals surface area contributed by atoms with Gasteiger partial charge in [0.25, 0.3) is 0 Å². The predicted molar refractivity (Wildman–Crippen MR) is 105 cm³/mol. The molecule has 2 aromatic heterocycles. The molecular formula is C19H18ClFN4O2S. The highest BCUT2D eigenvalue weighted by Gasteiger charge is 2.31. The average Bonchev–Trinajstić information content (AvgIpc) is 3.30. The Bertz CT molecular complexity index is 1060. The van der Waals surface area contributed by atoms with Crippen molar-refractivity contribution in [3.8, 4) is 0 Å². The number of carbonyl (C=O) groups excluding carboxylic acids is 1. The molecule has 4 rings (SSSR count). The van der Waals surface area contributed by atoms with Crippen molar-refractivity contribution in [3.63, 3.8) is 0 Å². The van der Waals surface area contributed by atoms with E-state index in [4.69, 9.17) is 11.6 Å². The lowest BCUT2D eigenvalue weighted by atomic mass is 9.98. The fraction of sp³-hybridized carbons (Fsp3) is 0.316. The molecule has 1 amide bonds. The van der Waals surface area contributed by atoms with Crippen molar-refractivity contribution in [1.82, 2.24) is 19.7 Å². The van der Waals surface area contributed by atoms with E-state index >= 15 is 0 Å². The molecule has 1 aliphatic rings. The Morgan fingerprint density at radius 2 is 2.25 bits per heavy atom. The van der Waals surface area contributed by atoms with Crippen LogP contribution in [-0.2, 0) is 24.4 Å². The van der Waals surface area contributed by atoms with Crippen molar-refractivity contribution in [2.75, 3.05) is 0 Å². The Kier molecular flexibility index (Phi) is 5.32. The van der Waals surface area contributed by atoms with E-state index in [0.717, 1.165) is 11.3 Å². The summed E-state index contributed by atoms with van der Waals surface area (Å²) in [4.78, 5) is 26.5. The van der Waals surface area contributed by atoms with E-state index in [2.05, 4.69) is 10.4 Å². The number of benzene rings is 1. The molecule has 3 aromatic rings.